The molecule has 0 N–H and O–H groups in total. The molecule has 2 heteroatoms. The van der Waals surface area contributed by atoms with Crippen LogP contribution in [0.15, 0.2) is 35.9 Å². The molecule has 1 aromatic carbocycles. The second kappa shape index (κ2) is 5.18. The van der Waals surface area contributed by atoms with E-state index >= 15 is 0 Å². The van der Waals surface area contributed by atoms with Crippen LogP contribution < -0.4 is 0 Å². The Balaban J connectivity index is 2.60. The van der Waals surface area contributed by atoms with E-state index in [1.807, 2.05) is 7.05 Å². The fraction of sp³-hybridized carbons (Fsp3) is 0.333. The Morgan fingerprint density at radius 2 is 2.07 bits per heavy atom. The molecule has 0 unspecified atom stereocenters. The summed E-state index contributed by atoms with van der Waals surface area (Å²) in [5.74, 6) is 0. The number of likely N-dealkylation sites (N-methyl/N-ethyl adjacent to an activating group) is 1. The molecule has 0 saturated heterocycles. The lowest BCUT2D eigenvalue weighted by Gasteiger charge is -2.16. The van der Waals surface area contributed by atoms with Crippen molar-refractivity contribution in [2.45, 2.75) is 13.5 Å². The molecular weight excluding hydrogens is 194 g/mol. The number of rotatable bonds is 4. The number of nitrogens with zero attached hydrogens (tertiary/aromatic N) is 1. The number of halogens is 1. The molecule has 0 amide bonds. The Hall–Kier alpha value is -0.790. The van der Waals surface area contributed by atoms with Gasteiger partial charge in [0.05, 0.1) is 0 Å². The van der Waals surface area contributed by atoms with Gasteiger partial charge in [-0.05, 0) is 25.1 Å². The predicted octanol–water partition coefficient (Wildman–Crippen LogP) is 3.18. The molecule has 0 fully saturated rings. The summed E-state index contributed by atoms with van der Waals surface area (Å²) in [5, 5.41) is 0.682. The van der Waals surface area contributed by atoms with Crippen LogP contribution in [0, 0.1) is 6.92 Å². The molecule has 0 bridgehead atoms. The molecule has 14 heavy (non-hydrogen) atoms. The van der Waals surface area contributed by atoms with Gasteiger partial charge in [-0.2, -0.15) is 0 Å². The van der Waals surface area contributed by atoms with Gasteiger partial charge in [-0.15, -0.1) is 0 Å². The Kier molecular flexibility index (Phi) is 4.18. The SMILES string of the molecule is C=C(Cl)CN(C)Cc1ccccc1C. The van der Waals surface area contributed by atoms with E-state index in [4.69, 9.17) is 11.6 Å². The summed E-state index contributed by atoms with van der Waals surface area (Å²) in [5.41, 5.74) is 2.66. The Bertz CT molecular complexity index is 320. The highest BCUT2D eigenvalue weighted by molar-refractivity contribution is 6.29. The van der Waals surface area contributed by atoms with E-state index in [0.29, 0.717) is 5.03 Å². The van der Waals surface area contributed by atoms with Gasteiger partial charge >= 0.3 is 0 Å². The molecule has 1 rings (SSSR count). The van der Waals surface area contributed by atoms with Crippen LogP contribution in [0.2, 0.25) is 0 Å². The third-order valence-corrected chi connectivity index (χ3v) is 2.26. The average molecular weight is 210 g/mol. The Labute approximate surface area is 91.0 Å². The third-order valence-electron chi connectivity index (χ3n) is 2.14. The largest absolute Gasteiger partial charge is 0.297 e. The van der Waals surface area contributed by atoms with Crippen molar-refractivity contribution in [3.8, 4) is 0 Å². The van der Waals surface area contributed by atoms with E-state index in [1.54, 1.807) is 0 Å². The molecule has 0 saturated carbocycles. The van der Waals surface area contributed by atoms with Gasteiger partial charge in [0.2, 0.25) is 0 Å². The number of benzene rings is 1. The summed E-state index contributed by atoms with van der Waals surface area (Å²) in [6.45, 7) is 7.45. The first-order chi connectivity index (χ1) is 6.59. The zero-order valence-electron chi connectivity index (χ0n) is 8.76. The minimum absolute atomic E-state index is 0.682. The monoisotopic (exact) mass is 209 g/mol. The standard InChI is InChI=1S/C12H16ClN/c1-10-6-4-5-7-12(10)9-14(3)8-11(2)13/h4-7H,2,8-9H2,1,3H3. The zero-order valence-corrected chi connectivity index (χ0v) is 9.51. The van der Waals surface area contributed by atoms with Crippen molar-refractivity contribution < 1.29 is 0 Å². The summed E-state index contributed by atoms with van der Waals surface area (Å²) in [6.07, 6.45) is 0. The van der Waals surface area contributed by atoms with Crippen molar-refractivity contribution in [2.75, 3.05) is 13.6 Å². The van der Waals surface area contributed by atoms with Gasteiger partial charge in [-0.3, -0.25) is 4.90 Å². The lowest BCUT2D eigenvalue weighted by molar-refractivity contribution is 0.360. The first-order valence-corrected chi connectivity index (χ1v) is 5.03. The van der Waals surface area contributed by atoms with Crippen molar-refractivity contribution in [2.24, 2.45) is 0 Å². The van der Waals surface area contributed by atoms with Gasteiger partial charge in [-0.1, -0.05) is 42.4 Å². The molecule has 0 heterocycles. The van der Waals surface area contributed by atoms with Crippen LogP contribution in [0.25, 0.3) is 0 Å². The maximum Gasteiger partial charge on any atom is 0.0336 e. The van der Waals surface area contributed by atoms with E-state index in [9.17, 15) is 0 Å². The van der Waals surface area contributed by atoms with Gasteiger partial charge in [0.15, 0.2) is 0 Å². The highest BCUT2D eigenvalue weighted by atomic mass is 35.5. The number of aryl methyl sites for hydroxylation is 1. The van der Waals surface area contributed by atoms with Crippen molar-refractivity contribution in [1.29, 1.82) is 0 Å². The second-order valence-corrected chi connectivity index (χ2v) is 4.15. The minimum atomic E-state index is 0.682. The predicted molar refractivity (Wildman–Crippen MR) is 62.5 cm³/mol. The molecule has 0 aliphatic heterocycles. The van der Waals surface area contributed by atoms with Crippen LogP contribution in [0.5, 0.6) is 0 Å². The molecule has 0 aromatic heterocycles. The van der Waals surface area contributed by atoms with E-state index in [-0.39, 0.29) is 0 Å². The van der Waals surface area contributed by atoms with Crippen molar-refractivity contribution in [1.82, 2.24) is 4.90 Å². The van der Waals surface area contributed by atoms with Gasteiger partial charge < -0.3 is 0 Å². The summed E-state index contributed by atoms with van der Waals surface area (Å²) in [7, 11) is 2.04. The Morgan fingerprint density at radius 3 is 2.64 bits per heavy atom. The van der Waals surface area contributed by atoms with Crippen LogP contribution in [0.3, 0.4) is 0 Å². The van der Waals surface area contributed by atoms with Crippen LogP contribution in [0.1, 0.15) is 11.1 Å². The van der Waals surface area contributed by atoms with Crippen LogP contribution >= 0.6 is 11.6 Å². The number of hydrogen-bond donors (Lipinski definition) is 0. The third kappa shape index (κ3) is 3.52. The molecule has 0 aliphatic rings. The molecule has 1 aromatic rings. The van der Waals surface area contributed by atoms with Crippen LogP contribution in [0.4, 0.5) is 0 Å². The quantitative estimate of drug-likeness (QED) is 0.737. The van der Waals surface area contributed by atoms with Gasteiger partial charge in [0, 0.05) is 18.1 Å². The lowest BCUT2D eigenvalue weighted by atomic mass is 10.1. The molecule has 0 radical (unpaired) electrons. The topological polar surface area (TPSA) is 3.24 Å². The highest BCUT2D eigenvalue weighted by Gasteiger charge is 2.02. The first-order valence-electron chi connectivity index (χ1n) is 4.66. The molecule has 0 aliphatic carbocycles. The van der Waals surface area contributed by atoms with E-state index in [2.05, 4.69) is 42.7 Å². The molecule has 0 atom stereocenters. The van der Waals surface area contributed by atoms with Crippen LogP contribution in [-0.4, -0.2) is 18.5 Å². The smallest absolute Gasteiger partial charge is 0.0336 e. The van der Waals surface area contributed by atoms with Crippen LogP contribution in [-0.2, 0) is 6.54 Å². The van der Waals surface area contributed by atoms with E-state index in [1.165, 1.54) is 11.1 Å². The highest BCUT2D eigenvalue weighted by Crippen LogP contribution is 2.10. The summed E-state index contributed by atoms with van der Waals surface area (Å²) >= 11 is 5.74. The van der Waals surface area contributed by atoms with Crippen molar-refractivity contribution in [3.63, 3.8) is 0 Å². The van der Waals surface area contributed by atoms with Gasteiger partial charge in [-0.25, -0.2) is 0 Å². The lowest BCUT2D eigenvalue weighted by Crippen LogP contribution is -2.19. The maximum absolute atomic E-state index is 5.74. The van der Waals surface area contributed by atoms with Gasteiger partial charge in [0.1, 0.15) is 0 Å². The Morgan fingerprint density at radius 1 is 1.43 bits per heavy atom. The number of hydrogen-bond acceptors (Lipinski definition) is 1. The average Bonchev–Trinajstić information content (AvgIpc) is 2.07. The molecule has 76 valence electrons. The van der Waals surface area contributed by atoms with Crippen molar-refractivity contribution >= 4 is 11.6 Å². The first kappa shape index (κ1) is 11.3. The minimum Gasteiger partial charge on any atom is -0.297 e. The normalized spacial score (nSPS) is 10.6. The summed E-state index contributed by atoms with van der Waals surface area (Å²) < 4.78 is 0. The fourth-order valence-corrected chi connectivity index (χ4v) is 1.63. The second-order valence-electron chi connectivity index (χ2n) is 3.62. The zero-order chi connectivity index (χ0) is 10.6. The van der Waals surface area contributed by atoms with Gasteiger partial charge in [0.25, 0.3) is 0 Å². The maximum atomic E-state index is 5.74. The van der Waals surface area contributed by atoms with Crippen molar-refractivity contribution in [3.05, 3.63) is 47.0 Å². The molecule has 1 nitrogen and oxygen atoms in total. The summed E-state index contributed by atoms with van der Waals surface area (Å²) in [6, 6.07) is 8.38. The summed E-state index contributed by atoms with van der Waals surface area (Å²) in [4.78, 5) is 2.15. The molecule has 0 spiro atoms. The van der Waals surface area contributed by atoms with E-state index in [0.717, 1.165) is 13.1 Å². The molecular formula is C12H16ClN. The van der Waals surface area contributed by atoms with E-state index < -0.39 is 0 Å². The fourth-order valence-electron chi connectivity index (χ4n) is 1.43.